The van der Waals surface area contributed by atoms with Crippen molar-refractivity contribution in [3.63, 3.8) is 0 Å². The van der Waals surface area contributed by atoms with E-state index in [1.54, 1.807) is 12.1 Å². The van der Waals surface area contributed by atoms with E-state index in [9.17, 15) is 4.39 Å². The molecule has 1 saturated carbocycles. The highest BCUT2D eigenvalue weighted by Crippen LogP contribution is 2.41. The normalized spacial score (nSPS) is 22.8. The van der Waals surface area contributed by atoms with E-state index in [4.69, 9.17) is 4.74 Å². The summed E-state index contributed by atoms with van der Waals surface area (Å²) in [6.07, 6.45) is 12.7. The summed E-state index contributed by atoms with van der Waals surface area (Å²) in [4.78, 5) is 0. The van der Waals surface area contributed by atoms with Gasteiger partial charge in [0, 0.05) is 22.5 Å². The lowest BCUT2D eigenvalue weighted by Gasteiger charge is -2.37. The molecule has 2 aromatic rings. The van der Waals surface area contributed by atoms with Crippen LogP contribution in [0.1, 0.15) is 56.9 Å². The summed E-state index contributed by atoms with van der Waals surface area (Å²) < 4.78 is 18.4. The topological polar surface area (TPSA) is 9.23 Å². The average molecular weight is 452 g/mol. The van der Waals surface area contributed by atoms with Crippen molar-refractivity contribution in [2.75, 3.05) is 13.7 Å². The zero-order chi connectivity index (χ0) is 22.2. The Morgan fingerprint density at radius 2 is 1.41 bits per heavy atom. The van der Waals surface area contributed by atoms with E-state index in [1.165, 1.54) is 87.1 Å². The van der Waals surface area contributed by atoms with Crippen molar-refractivity contribution in [2.24, 2.45) is 17.8 Å². The summed E-state index contributed by atoms with van der Waals surface area (Å²) in [5.74, 6) is 2.79. The van der Waals surface area contributed by atoms with Crippen molar-refractivity contribution >= 4 is 8.80 Å². The van der Waals surface area contributed by atoms with E-state index >= 15 is 0 Å². The Morgan fingerprint density at radius 3 is 2.03 bits per heavy atom. The van der Waals surface area contributed by atoms with Crippen LogP contribution in [0, 0.1) is 23.6 Å². The fourth-order valence-electron chi connectivity index (χ4n) is 6.06. The molecular weight excluding hydrogens is 411 g/mol. The van der Waals surface area contributed by atoms with Crippen LogP contribution in [0.25, 0.3) is 11.1 Å². The van der Waals surface area contributed by atoms with Crippen molar-refractivity contribution in [3.8, 4) is 11.1 Å². The van der Waals surface area contributed by atoms with E-state index in [1.807, 2.05) is 19.2 Å². The van der Waals surface area contributed by atoms with Gasteiger partial charge in [0.05, 0.1) is 0 Å². The van der Waals surface area contributed by atoms with E-state index < -0.39 is 0 Å². The second-order valence-electron chi connectivity index (χ2n) is 10.2. The molecule has 0 amide bonds. The first-order valence-electron chi connectivity index (χ1n) is 12.9. The van der Waals surface area contributed by atoms with Gasteiger partial charge in [0.25, 0.3) is 0 Å². The monoisotopic (exact) mass is 451 g/mol. The molecule has 0 bridgehead atoms. The first-order chi connectivity index (χ1) is 15.7. The van der Waals surface area contributed by atoms with Crippen LogP contribution in [0.15, 0.2) is 48.5 Å². The van der Waals surface area contributed by atoms with E-state index in [2.05, 4.69) is 24.3 Å². The molecule has 1 aliphatic carbocycles. The van der Waals surface area contributed by atoms with Crippen LogP contribution in [-0.2, 0) is 11.2 Å². The van der Waals surface area contributed by atoms with Crippen molar-refractivity contribution in [3.05, 3.63) is 59.9 Å². The first kappa shape index (κ1) is 23.7. The number of methoxy groups -OCH3 is 1. The van der Waals surface area contributed by atoms with Gasteiger partial charge in [-0.2, -0.15) is 0 Å². The summed E-state index contributed by atoms with van der Waals surface area (Å²) in [5.41, 5.74) is 3.69. The molecule has 0 spiro atoms. The molecule has 1 radical (unpaired) electrons. The zero-order valence-corrected chi connectivity index (χ0v) is 20.8. The van der Waals surface area contributed by atoms with Crippen LogP contribution in [0.4, 0.5) is 4.39 Å². The number of rotatable bonds is 9. The Labute approximate surface area is 196 Å². The highest BCUT2D eigenvalue weighted by Gasteiger charge is 2.31. The minimum Gasteiger partial charge on any atom is -0.385 e. The minimum absolute atomic E-state index is 0.0595. The summed E-state index contributed by atoms with van der Waals surface area (Å²) in [7, 11) is 1.77. The maximum Gasteiger partial charge on any atom is 0.123 e. The molecule has 0 N–H and O–H groups in total. The Hall–Kier alpha value is -1.45. The van der Waals surface area contributed by atoms with Gasteiger partial charge in [0.15, 0.2) is 0 Å². The van der Waals surface area contributed by atoms with Gasteiger partial charge in [-0.25, -0.2) is 4.39 Å². The van der Waals surface area contributed by atoms with Gasteiger partial charge < -0.3 is 4.74 Å². The van der Waals surface area contributed by atoms with Gasteiger partial charge in [-0.3, -0.25) is 0 Å². The van der Waals surface area contributed by atoms with Crippen molar-refractivity contribution in [1.29, 1.82) is 0 Å². The molecule has 1 aliphatic heterocycles. The summed E-state index contributed by atoms with van der Waals surface area (Å²) in [6, 6.07) is 20.3. The van der Waals surface area contributed by atoms with Crippen molar-refractivity contribution < 1.29 is 9.13 Å². The molecule has 0 unspecified atom stereocenters. The second-order valence-corrected chi connectivity index (χ2v) is 13.2. The fraction of sp³-hybridized carbons (Fsp3) is 0.586. The number of benzene rings is 2. The summed E-state index contributed by atoms with van der Waals surface area (Å²) in [6.45, 7) is 0.958. The fourth-order valence-corrected chi connectivity index (χ4v) is 9.01. The highest BCUT2D eigenvalue weighted by molar-refractivity contribution is 6.58. The number of aryl methyl sites for hydroxylation is 1. The lowest BCUT2D eigenvalue weighted by Crippen LogP contribution is -2.28. The van der Waals surface area contributed by atoms with Gasteiger partial charge >= 0.3 is 0 Å². The largest absolute Gasteiger partial charge is 0.385 e. The smallest absolute Gasteiger partial charge is 0.123 e. The summed E-state index contributed by atoms with van der Waals surface area (Å²) >= 11 is 0. The molecule has 173 valence electrons. The number of hydrogen-bond donors (Lipinski definition) is 0. The Bertz CT molecular complexity index is 787. The van der Waals surface area contributed by atoms with Crippen molar-refractivity contribution in [1.82, 2.24) is 0 Å². The molecule has 2 aliphatic rings. The minimum atomic E-state index is -0.174. The number of ether oxygens (including phenoxy) is 1. The van der Waals surface area contributed by atoms with Crippen LogP contribution in [0.3, 0.4) is 0 Å². The van der Waals surface area contributed by atoms with Crippen LogP contribution in [-0.4, -0.2) is 22.5 Å². The van der Waals surface area contributed by atoms with Crippen LogP contribution in [0.5, 0.6) is 0 Å². The van der Waals surface area contributed by atoms with Crippen molar-refractivity contribution in [2.45, 2.75) is 75.9 Å². The van der Waals surface area contributed by atoms with E-state index in [-0.39, 0.29) is 14.6 Å². The third-order valence-electron chi connectivity index (χ3n) is 8.15. The lowest BCUT2D eigenvalue weighted by atomic mass is 9.73. The molecule has 2 fully saturated rings. The molecule has 1 saturated heterocycles. The number of hydrogen-bond acceptors (Lipinski definition) is 1. The number of halogens is 1. The molecule has 1 nitrogen and oxygen atoms in total. The Kier molecular flexibility index (Phi) is 8.99. The lowest BCUT2D eigenvalue weighted by molar-refractivity contribution is 0.185. The predicted octanol–water partition coefficient (Wildman–Crippen LogP) is 8.17. The highest BCUT2D eigenvalue weighted by atomic mass is 28.3. The molecule has 0 aromatic heterocycles. The van der Waals surface area contributed by atoms with Crippen LogP contribution in [0.2, 0.25) is 18.1 Å². The third kappa shape index (κ3) is 6.77. The zero-order valence-electron chi connectivity index (χ0n) is 19.8. The van der Waals surface area contributed by atoms with Gasteiger partial charge in [-0.15, -0.1) is 0 Å². The maximum absolute atomic E-state index is 13.1. The van der Waals surface area contributed by atoms with Crippen LogP contribution < -0.4 is 0 Å². The van der Waals surface area contributed by atoms with E-state index in [0.29, 0.717) is 0 Å². The SMILES string of the molecule is COCCC[Si]1CCC(C2CCC(CCc3ccc(-c4ccc(F)cc4)cc3)CC2)CC1. The molecule has 4 rings (SSSR count). The Morgan fingerprint density at radius 1 is 0.812 bits per heavy atom. The third-order valence-corrected chi connectivity index (χ3v) is 11.2. The molecule has 0 atom stereocenters. The molecule has 32 heavy (non-hydrogen) atoms. The Balaban J connectivity index is 1.15. The van der Waals surface area contributed by atoms with Gasteiger partial charge in [-0.1, -0.05) is 80.2 Å². The molecular formula is C29H40FOSi. The molecule has 2 aromatic carbocycles. The average Bonchev–Trinajstić information content (AvgIpc) is 2.85. The standard InChI is InChI=1S/C29H40FOSi/c1-31-19-2-20-32-21-17-28(18-22-32)26-11-7-24(8-12-26)4-3-23-5-9-25(10-6-23)27-13-15-29(30)16-14-27/h5-6,9-10,13-16,24,26,28H,2-4,7-8,11-12,17-22H2,1H3. The first-order valence-corrected chi connectivity index (χ1v) is 15.0. The van der Waals surface area contributed by atoms with Gasteiger partial charge in [-0.05, 0) is 78.7 Å². The molecule has 1 heterocycles. The second kappa shape index (κ2) is 12.1. The predicted molar refractivity (Wildman–Crippen MR) is 135 cm³/mol. The summed E-state index contributed by atoms with van der Waals surface area (Å²) in [5, 5.41) is 0. The van der Waals surface area contributed by atoms with Gasteiger partial charge in [0.1, 0.15) is 5.82 Å². The van der Waals surface area contributed by atoms with E-state index in [0.717, 1.165) is 29.9 Å². The maximum atomic E-state index is 13.1. The van der Waals surface area contributed by atoms with Gasteiger partial charge in [0.2, 0.25) is 0 Å². The molecule has 3 heteroatoms. The quantitative estimate of drug-likeness (QED) is 0.276. The van der Waals surface area contributed by atoms with Crippen LogP contribution >= 0.6 is 0 Å².